The van der Waals surface area contributed by atoms with Crippen LogP contribution in [0.3, 0.4) is 0 Å². The van der Waals surface area contributed by atoms with Crippen LogP contribution in [-0.2, 0) is 11.3 Å². The Morgan fingerprint density at radius 1 is 1.38 bits per heavy atom. The molecule has 110 valence electrons. The number of ether oxygens (including phenoxy) is 1. The van der Waals surface area contributed by atoms with E-state index in [1.807, 2.05) is 30.3 Å². The predicted molar refractivity (Wildman–Crippen MR) is 82.3 cm³/mol. The Bertz CT molecular complexity index is 614. The van der Waals surface area contributed by atoms with Crippen LogP contribution in [0, 0.1) is 0 Å². The summed E-state index contributed by atoms with van der Waals surface area (Å²) in [6.45, 7) is 2.67. The van der Waals surface area contributed by atoms with Crippen LogP contribution >= 0.6 is 11.6 Å². The molecule has 21 heavy (non-hydrogen) atoms. The first-order chi connectivity index (χ1) is 10.1. The molecule has 0 unspecified atom stereocenters. The molecule has 1 aromatic heterocycles. The van der Waals surface area contributed by atoms with E-state index in [0.29, 0.717) is 12.1 Å². The summed E-state index contributed by atoms with van der Waals surface area (Å²) in [5, 5.41) is 4.09. The van der Waals surface area contributed by atoms with Crippen molar-refractivity contribution >= 4 is 17.6 Å². The number of rotatable bonds is 5. The van der Waals surface area contributed by atoms with Crippen molar-refractivity contribution < 1.29 is 9.53 Å². The molecule has 0 radical (unpaired) electrons. The zero-order chi connectivity index (χ0) is 15.2. The van der Waals surface area contributed by atoms with Crippen LogP contribution in [0.25, 0.3) is 0 Å². The summed E-state index contributed by atoms with van der Waals surface area (Å²) in [6.07, 6.45) is 1.52. The van der Waals surface area contributed by atoms with Gasteiger partial charge in [0.05, 0.1) is 18.4 Å². The molecule has 1 atom stereocenters. The highest BCUT2D eigenvalue weighted by molar-refractivity contribution is 6.30. The second kappa shape index (κ2) is 7.20. The maximum Gasteiger partial charge on any atom is 0.339 e. The van der Waals surface area contributed by atoms with Crippen LogP contribution in [0.15, 0.2) is 42.6 Å². The first-order valence-corrected chi connectivity index (χ1v) is 7.00. The third kappa shape index (κ3) is 4.28. The molecule has 0 spiro atoms. The van der Waals surface area contributed by atoms with Crippen molar-refractivity contribution in [2.45, 2.75) is 19.5 Å². The van der Waals surface area contributed by atoms with Gasteiger partial charge in [0.15, 0.2) is 0 Å². The third-order valence-electron chi connectivity index (χ3n) is 3.18. The van der Waals surface area contributed by atoms with Gasteiger partial charge in [-0.3, -0.25) is 4.98 Å². The average Bonchev–Trinajstić information content (AvgIpc) is 2.52. The van der Waals surface area contributed by atoms with Gasteiger partial charge in [-0.2, -0.15) is 0 Å². The van der Waals surface area contributed by atoms with E-state index in [9.17, 15) is 4.79 Å². The second-order valence-corrected chi connectivity index (χ2v) is 5.12. The molecule has 0 bridgehead atoms. The summed E-state index contributed by atoms with van der Waals surface area (Å²) in [6, 6.07) is 11.4. The highest BCUT2D eigenvalue weighted by Gasteiger charge is 2.08. The maximum absolute atomic E-state index is 11.3. The number of carbonyl (C=O) groups is 1. The van der Waals surface area contributed by atoms with Gasteiger partial charge in [0.1, 0.15) is 0 Å². The fourth-order valence-corrected chi connectivity index (χ4v) is 2.12. The Morgan fingerprint density at radius 2 is 2.19 bits per heavy atom. The number of nitrogens with one attached hydrogen (secondary N) is 1. The van der Waals surface area contributed by atoms with Crippen LogP contribution in [0.4, 0.5) is 0 Å². The van der Waals surface area contributed by atoms with E-state index in [1.54, 1.807) is 6.07 Å². The Morgan fingerprint density at radius 3 is 2.81 bits per heavy atom. The SMILES string of the molecule is COC(=O)c1ccc(CN[C@@H](C)c2cccc(Cl)c2)nc1. The number of hydrogen-bond acceptors (Lipinski definition) is 4. The lowest BCUT2D eigenvalue weighted by molar-refractivity contribution is 0.0600. The van der Waals surface area contributed by atoms with Crippen LogP contribution in [0.1, 0.15) is 34.6 Å². The Labute approximate surface area is 129 Å². The smallest absolute Gasteiger partial charge is 0.339 e. The first kappa shape index (κ1) is 15.5. The average molecular weight is 305 g/mol. The number of hydrogen-bond donors (Lipinski definition) is 1. The van der Waals surface area contributed by atoms with Gasteiger partial charge in [-0.05, 0) is 36.8 Å². The monoisotopic (exact) mass is 304 g/mol. The number of benzene rings is 1. The fourth-order valence-electron chi connectivity index (χ4n) is 1.92. The van der Waals surface area contributed by atoms with Crippen molar-refractivity contribution in [3.63, 3.8) is 0 Å². The predicted octanol–water partition coefficient (Wildman–Crippen LogP) is 3.37. The normalized spacial score (nSPS) is 12.0. The molecular weight excluding hydrogens is 288 g/mol. The lowest BCUT2D eigenvalue weighted by atomic mass is 10.1. The molecule has 0 saturated carbocycles. The van der Waals surface area contributed by atoms with E-state index < -0.39 is 0 Å². The van der Waals surface area contributed by atoms with Gasteiger partial charge in [0.25, 0.3) is 0 Å². The molecule has 2 rings (SSSR count). The summed E-state index contributed by atoms with van der Waals surface area (Å²) < 4.78 is 4.64. The van der Waals surface area contributed by atoms with Crippen molar-refractivity contribution in [2.24, 2.45) is 0 Å². The standard InChI is InChI=1S/C16H17ClN2O2/c1-11(12-4-3-5-14(17)8-12)18-10-15-7-6-13(9-19-15)16(20)21-2/h3-9,11,18H,10H2,1-2H3/t11-/m0/s1. The van der Waals surface area contributed by atoms with Gasteiger partial charge < -0.3 is 10.1 Å². The zero-order valence-electron chi connectivity index (χ0n) is 12.0. The maximum atomic E-state index is 11.3. The van der Waals surface area contributed by atoms with Crippen molar-refractivity contribution in [3.05, 3.63) is 64.4 Å². The van der Waals surface area contributed by atoms with Crippen LogP contribution < -0.4 is 5.32 Å². The van der Waals surface area contributed by atoms with E-state index in [4.69, 9.17) is 11.6 Å². The molecule has 0 aliphatic rings. The Kier molecular flexibility index (Phi) is 5.31. The first-order valence-electron chi connectivity index (χ1n) is 6.62. The molecule has 2 aromatic rings. The van der Waals surface area contributed by atoms with Gasteiger partial charge in [0, 0.05) is 23.8 Å². The summed E-state index contributed by atoms with van der Waals surface area (Å²) in [5.74, 6) is -0.380. The molecule has 0 aliphatic heterocycles. The van der Waals surface area contributed by atoms with Crippen molar-refractivity contribution in [3.8, 4) is 0 Å². The number of carbonyl (C=O) groups excluding carboxylic acids is 1. The summed E-state index contributed by atoms with van der Waals surface area (Å²) in [4.78, 5) is 15.6. The van der Waals surface area contributed by atoms with Crippen molar-refractivity contribution in [2.75, 3.05) is 7.11 Å². The van der Waals surface area contributed by atoms with Gasteiger partial charge in [0.2, 0.25) is 0 Å². The number of aromatic nitrogens is 1. The van der Waals surface area contributed by atoms with Gasteiger partial charge >= 0.3 is 5.97 Å². The van der Waals surface area contributed by atoms with E-state index >= 15 is 0 Å². The van der Waals surface area contributed by atoms with E-state index in [-0.39, 0.29) is 12.0 Å². The summed E-state index contributed by atoms with van der Waals surface area (Å²) in [5.41, 5.74) is 2.43. The second-order valence-electron chi connectivity index (χ2n) is 4.69. The molecule has 0 saturated heterocycles. The lowest BCUT2D eigenvalue weighted by Crippen LogP contribution is -2.18. The van der Waals surface area contributed by atoms with Gasteiger partial charge in [-0.15, -0.1) is 0 Å². The highest BCUT2D eigenvalue weighted by atomic mass is 35.5. The van der Waals surface area contributed by atoms with Crippen LogP contribution in [0.2, 0.25) is 5.02 Å². The topological polar surface area (TPSA) is 51.2 Å². The molecule has 1 N–H and O–H groups in total. The molecule has 1 aromatic carbocycles. The fraction of sp³-hybridized carbons (Fsp3) is 0.250. The molecule has 0 amide bonds. The molecule has 0 aliphatic carbocycles. The minimum atomic E-state index is -0.380. The van der Waals surface area contributed by atoms with Crippen molar-refractivity contribution in [1.82, 2.24) is 10.3 Å². The Hall–Kier alpha value is -1.91. The third-order valence-corrected chi connectivity index (χ3v) is 3.42. The number of methoxy groups -OCH3 is 1. The van der Waals surface area contributed by atoms with Crippen LogP contribution in [0.5, 0.6) is 0 Å². The number of pyridine rings is 1. The van der Waals surface area contributed by atoms with Crippen molar-refractivity contribution in [1.29, 1.82) is 0 Å². The minimum Gasteiger partial charge on any atom is -0.465 e. The van der Waals surface area contributed by atoms with Crippen LogP contribution in [-0.4, -0.2) is 18.1 Å². The lowest BCUT2D eigenvalue weighted by Gasteiger charge is -2.14. The number of nitrogens with zero attached hydrogens (tertiary/aromatic N) is 1. The van der Waals surface area contributed by atoms with E-state index in [2.05, 4.69) is 22.0 Å². The van der Waals surface area contributed by atoms with E-state index in [0.717, 1.165) is 16.3 Å². The number of halogens is 1. The van der Waals surface area contributed by atoms with E-state index in [1.165, 1.54) is 13.3 Å². The highest BCUT2D eigenvalue weighted by Crippen LogP contribution is 2.17. The quantitative estimate of drug-likeness (QED) is 0.861. The molecule has 4 nitrogen and oxygen atoms in total. The van der Waals surface area contributed by atoms with Gasteiger partial charge in [-0.1, -0.05) is 23.7 Å². The minimum absolute atomic E-state index is 0.158. The largest absolute Gasteiger partial charge is 0.465 e. The molecule has 1 heterocycles. The van der Waals surface area contributed by atoms with Gasteiger partial charge in [-0.25, -0.2) is 4.79 Å². The summed E-state index contributed by atoms with van der Waals surface area (Å²) in [7, 11) is 1.35. The Balaban J connectivity index is 1.95. The molecule has 5 heteroatoms. The summed E-state index contributed by atoms with van der Waals surface area (Å²) >= 11 is 5.98. The molecule has 0 fully saturated rings. The zero-order valence-corrected chi connectivity index (χ0v) is 12.7. The number of esters is 1. The molecular formula is C16H17ClN2O2.